The van der Waals surface area contributed by atoms with E-state index in [-0.39, 0.29) is 12.5 Å². The molecule has 0 aliphatic rings. The van der Waals surface area contributed by atoms with Crippen molar-refractivity contribution in [3.63, 3.8) is 0 Å². The van der Waals surface area contributed by atoms with Gasteiger partial charge in [-0.15, -0.1) is 0 Å². The summed E-state index contributed by atoms with van der Waals surface area (Å²) in [7, 11) is 0. The highest BCUT2D eigenvalue weighted by molar-refractivity contribution is 5.94. The van der Waals surface area contributed by atoms with Gasteiger partial charge < -0.3 is 10.6 Å². The third-order valence-electron chi connectivity index (χ3n) is 2.79. The lowest BCUT2D eigenvalue weighted by molar-refractivity contribution is 0.0709. The molecule has 0 aromatic carbocycles. The topological polar surface area (TPSA) is 59.2 Å². The Balaban J connectivity index is 3.08. The normalized spacial score (nSPS) is 10.4. The Morgan fingerprint density at radius 2 is 1.90 bits per heavy atom. The smallest absolute Gasteiger partial charge is 0.273 e. The molecule has 0 radical (unpaired) electrons. The zero-order chi connectivity index (χ0) is 15.8. The molecule has 4 heteroatoms. The molecule has 2 N–H and O–H groups in total. The molecule has 21 heavy (non-hydrogen) atoms. The largest absolute Gasteiger partial charge is 0.337 e. The molecule has 0 unspecified atom stereocenters. The van der Waals surface area contributed by atoms with Crippen molar-refractivity contribution < 1.29 is 4.79 Å². The zero-order valence-electron chi connectivity index (χ0n) is 13.4. The van der Waals surface area contributed by atoms with E-state index in [0.717, 1.165) is 13.1 Å². The second-order valence-corrected chi connectivity index (χ2v) is 5.90. The minimum absolute atomic E-state index is 0.0562. The number of hydrogen-bond donors (Lipinski definition) is 1. The number of rotatable bonds is 5. The van der Waals surface area contributed by atoms with Crippen LogP contribution in [0, 0.1) is 23.7 Å². The fourth-order valence-electron chi connectivity index (χ4n) is 2.09. The average molecular weight is 287 g/mol. The van der Waals surface area contributed by atoms with Crippen LogP contribution in [0.5, 0.6) is 0 Å². The Morgan fingerprint density at radius 3 is 2.43 bits per heavy atom. The lowest BCUT2D eigenvalue weighted by Crippen LogP contribution is -2.37. The molecule has 114 valence electrons. The summed E-state index contributed by atoms with van der Waals surface area (Å²) in [6, 6.07) is 3.60. The van der Waals surface area contributed by atoms with E-state index >= 15 is 0 Å². The minimum atomic E-state index is -0.0562. The van der Waals surface area contributed by atoms with Crippen molar-refractivity contribution >= 4 is 5.91 Å². The van der Waals surface area contributed by atoms with Crippen LogP contribution in [0.4, 0.5) is 0 Å². The highest BCUT2D eigenvalue weighted by Gasteiger charge is 2.21. The molecule has 0 saturated carbocycles. The van der Waals surface area contributed by atoms with Gasteiger partial charge in [0.2, 0.25) is 0 Å². The number of carbonyl (C=O) groups is 1. The van der Waals surface area contributed by atoms with Gasteiger partial charge in [0.15, 0.2) is 0 Å². The maximum absolute atomic E-state index is 12.8. The van der Waals surface area contributed by atoms with Crippen LogP contribution in [0.3, 0.4) is 0 Å². The second-order valence-electron chi connectivity index (χ2n) is 5.90. The Hall–Kier alpha value is -1.86. The van der Waals surface area contributed by atoms with Crippen molar-refractivity contribution in [2.45, 2.75) is 27.7 Å². The zero-order valence-corrected chi connectivity index (χ0v) is 13.4. The lowest BCUT2D eigenvalue weighted by Gasteiger charge is -2.26. The van der Waals surface area contributed by atoms with Gasteiger partial charge in [0.1, 0.15) is 5.69 Å². The van der Waals surface area contributed by atoms with Crippen LogP contribution in [0.2, 0.25) is 0 Å². The van der Waals surface area contributed by atoms with Crippen LogP contribution in [0.25, 0.3) is 0 Å². The van der Waals surface area contributed by atoms with Crippen LogP contribution in [-0.4, -0.2) is 35.4 Å². The van der Waals surface area contributed by atoms with Gasteiger partial charge in [0, 0.05) is 19.3 Å². The maximum atomic E-state index is 12.8. The van der Waals surface area contributed by atoms with Crippen LogP contribution < -0.4 is 5.73 Å². The molecule has 1 rings (SSSR count). The van der Waals surface area contributed by atoms with E-state index < -0.39 is 0 Å². The van der Waals surface area contributed by atoms with Crippen molar-refractivity contribution in [1.82, 2.24) is 9.88 Å². The quantitative estimate of drug-likeness (QED) is 0.844. The summed E-state index contributed by atoms with van der Waals surface area (Å²) >= 11 is 0. The fraction of sp³-hybridized carbons (Fsp3) is 0.529. The predicted molar refractivity (Wildman–Crippen MR) is 85.7 cm³/mol. The van der Waals surface area contributed by atoms with Gasteiger partial charge in [-0.25, -0.2) is 4.98 Å². The highest BCUT2D eigenvalue weighted by atomic mass is 16.2. The molecule has 0 aliphatic carbocycles. The SMILES string of the molecule is CC(C)CN(CC(C)C)C(=O)c1ncccc1C#CCN. The van der Waals surface area contributed by atoms with Crippen molar-refractivity contribution in [1.29, 1.82) is 0 Å². The number of nitrogens with two attached hydrogens (primary N) is 1. The van der Waals surface area contributed by atoms with E-state index in [1.807, 2.05) is 11.0 Å². The number of carbonyl (C=O) groups excluding carboxylic acids is 1. The number of hydrogen-bond acceptors (Lipinski definition) is 3. The van der Waals surface area contributed by atoms with Gasteiger partial charge in [-0.2, -0.15) is 0 Å². The van der Waals surface area contributed by atoms with E-state index in [9.17, 15) is 4.79 Å². The highest BCUT2D eigenvalue weighted by Crippen LogP contribution is 2.12. The summed E-state index contributed by atoms with van der Waals surface area (Å²) in [5.41, 5.74) is 6.47. The third kappa shape index (κ3) is 5.57. The van der Waals surface area contributed by atoms with Crippen molar-refractivity contribution in [3.05, 3.63) is 29.6 Å². The van der Waals surface area contributed by atoms with Crippen LogP contribution in [0.1, 0.15) is 43.7 Å². The molecule has 0 bridgehead atoms. The summed E-state index contributed by atoms with van der Waals surface area (Å²) in [5, 5.41) is 0. The first-order chi connectivity index (χ1) is 9.95. The standard InChI is InChI=1S/C17H25N3O/c1-13(2)11-20(12-14(3)4)17(21)16-15(7-5-9-18)8-6-10-19-16/h6,8,10,13-14H,9,11-12,18H2,1-4H3. The van der Waals surface area contributed by atoms with E-state index in [1.54, 1.807) is 12.3 Å². The molecule has 1 amide bonds. The third-order valence-corrected chi connectivity index (χ3v) is 2.79. The Bertz CT molecular complexity index is 516. The average Bonchev–Trinajstić information content (AvgIpc) is 2.43. The molecule has 0 aliphatic heterocycles. The van der Waals surface area contributed by atoms with Crippen LogP contribution >= 0.6 is 0 Å². The van der Waals surface area contributed by atoms with Gasteiger partial charge in [-0.05, 0) is 24.0 Å². The molecule has 1 aromatic rings. The summed E-state index contributed by atoms with van der Waals surface area (Å²) < 4.78 is 0. The molecular weight excluding hydrogens is 262 g/mol. The fourth-order valence-corrected chi connectivity index (χ4v) is 2.09. The number of pyridine rings is 1. The molecule has 0 fully saturated rings. The van der Waals surface area contributed by atoms with E-state index in [1.165, 1.54) is 0 Å². The molecule has 1 heterocycles. The summed E-state index contributed by atoms with van der Waals surface area (Å²) in [6.07, 6.45) is 1.63. The van der Waals surface area contributed by atoms with Crippen LogP contribution in [0.15, 0.2) is 18.3 Å². The van der Waals surface area contributed by atoms with Crippen molar-refractivity contribution in [2.24, 2.45) is 17.6 Å². The maximum Gasteiger partial charge on any atom is 0.273 e. The molecule has 1 aromatic heterocycles. The minimum Gasteiger partial charge on any atom is -0.337 e. The second kappa shape index (κ2) is 8.43. The Labute approximate surface area is 127 Å². The molecular formula is C17H25N3O. The molecule has 4 nitrogen and oxygen atoms in total. The molecule has 0 spiro atoms. The Morgan fingerprint density at radius 1 is 1.29 bits per heavy atom. The van der Waals surface area contributed by atoms with Gasteiger partial charge in [0.25, 0.3) is 5.91 Å². The summed E-state index contributed by atoms with van der Waals surface area (Å²) in [5.74, 6) is 6.49. The number of nitrogens with zero attached hydrogens (tertiary/aromatic N) is 2. The summed E-state index contributed by atoms with van der Waals surface area (Å²) in [6.45, 7) is 10.1. The predicted octanol–water partition coefficient (Wildman–Crippen LogP) is 2.15. The lowest BCUT2D eigenvalue weighted by atomic mass is 10.1. The van der Waals surface area contributed by atoms with Gasteiger partial charge >= 0.3 is 0 Å². The monoisotopic (exact) mass is 287 g/mol. The van der Waals surface area contributed by atoms with Crippen molar-refractivity contribution in [3.8, 4) is 11.8 Å². The first kappa shape index (κ1) is 17.2. The van der Waals surface area contributed by atoms with Gasteiger partial charge in [0.05, 0.1) is 12.1 Å². The van der Waals surface area contributed by atoms with E-state index in [0.29, 0.717) is 23.1 Å². The molecule has 0 atom stereocenters. The van der Waals surface area contributed by atoms with Crippen molar-refractivity contribution in [2.75, 3.05) is 19.6 Å². The van der Waals surface area contributed by atoms with Gasteiger partial charge in [-0.1, -0.05) is 39.5 Å². The Kier molecular flexibility index (Phi) is 6.90. The number of aromatic nitrogens is 1. The van der Waals surface area contributed by atoms with E-state index in [4.69, 9.17) is 5.73 Å². The summed E-state index contributed by atoms with van der Waals surface area (Å²) in [4.78, 5) is 18.9. The first-order valence-corrected chi connectivity index (χ1v) is 7.39. The van der Waals surface area contributed by atoms with Gasteiger partial charge in [-0.3, -0.25) is 4.79 Å². The number of amides is 1. The first-order valence-electron chi connectivity index (χ1n) is 7.39. The van der Waals surface area contributed by atoms with Crippen LogP contribution in [-0.2, 0) is 0 Å². The molecule has 0 saturated heterocycles. The van der Waals surface area contributed by atoms with E-state index in [2.05, 4.69) is 44.5 Å².